The summed E-state index contributed by atoms with van der Waals surface area (Å²) in [5, 5.41) is 0. The molecular formula is C13H20FN. The highest BCUT2D eigenvalue weighted by atomic mass is 19.1. The van der Waals surface area contributed by atoms with E-state index < -0.39 is 0 Å². The van der Waals surface area contributed by atoms with E-state index in [-0.39, 0.29) is 11.9 Å². The maximum absolute atomic E-state index is 13.0. The first kappa shape index (κ1) is 12.2. The predicted molar refractivity (Wildman–Crippen MR) is 62.3 cm³/mol. The number of benzene rings is 1. The van der Waals surface area contributed by atoms with E-state index in [4.69, 9.17) is 5.73 Å². The molecule has 0 aliphatic carbocycles. The van der Waals surface area contributed by atoms with Crippen molar-refractivity contribution in [1.82, 2.24) is 0 Å². The summed E-state index contributed by atoms with van der Waals surface area (Å²) in [5.74, 6) is -0.153. The summed E-state index contributed by atoms with van der Waals surface area (Å²) in [6, 6.07) is 5.20. The van der Waals surface area contributed by atoms with Gasteiger partial charge in [0.1, 0.15) is 5.82 Å². The van der Waals surface area contributed by atoms with E-state index in [0.717, 1.165) is 36.8 Å². The quantitative estimate of drug-likeness (QED) is 0.791. The van der Waals surface area contributed by atoms with Crippen molar-refractivity contribution in [3.05, 3.63) is 35.1 Å². The maximum atomic E-state index is 13.0. The molecular weight excluding hydrogens is 189 g/mol. The third kappa shape index (κ3) is 4.00. The van der Waals surface area contributed by atoms with Gasteiger partial charge >= 0.3 is 0 Å². The molecule has 1 nitrogen and oxygen atoms in total. The van der Waals surface area contributed by atoms with E-state index in [9.17, 15) is 4.39 Å². The minimum Gasteiger partial charge on any atom is -0.328 e. The van der Waals surface area contributed by atoms with Gasteiger partial charge in [0.15, 0.2) is 0 Å². The molecule has 1 unspecified atom stereocenters. The lowest BCUT2D eigenvalue weighted by Crippen LogP contribution is -2.20. The van der Waals surface area contributed by atoms with Crippen molar-refractivity contribution < 1.29 is 4.39 Å². The molecule has 15 heavy (non-hydrogen) atoms. The van der Waals surface area contributed by atoms with E-state index in [1.54, 1.807) is 6.07 Å². The first-order valence-corrected chi connectivity index (χ1v) is 5.64. The van der Waals surface area contributed by atoms with Crippen molar-refractivity contribution in [1.29, 1.82) is 0 Å². The monoisotopic (exact) mass is 209 g/mol. The number of rotatable bonds is 5. The van der Waals surface area contributed by atoms with Gasteiger partial charge < -0.3 is 5.73 Å². The molecule has 0 spiro atoms. The van der Waals surface area contributed by atoms with Crippen molar-refractivity contribution in [2.75, 3.05) is 0 Å². The van der Waals surface area contributed by atoms with Crippen LogP contribution in [0.15, 0.2) is 18.2 Å². The van der Waals surface area contributed by atoms with Crippen molar-refractivity contribution in [2.24, 2.45) is 5.73 Å². The topological polar surface area (TPSA) is 26.0 Å². The Kier molecular flexibility index (Phi) is 4.76. The largest absolute Gasteiger partial charge is 0.328 e. The number of nitrogens with two attached hydrogens (primary N) is 1. The molecule has 1 atom stereocenters. The zero-order chi connectivity index (χ0) is 11.3. The normalized spacial score (nSPS) is 12.8. The molecule has 0 bridgehead atoms. The Morgan fingerprint density at radius 3 is 2.73 bits per heavy atom. The van der Waals surface area contributed by atoms with Crippen LogP contribution in [0.5, 0.6) is 0 Å². The highest BCUT2D eigenvalue weighted by molar-refractivity contribution is 5.26. The Morgan fingerprint density at radius 1 is 1.33 bits per heavy atom. The first-order chi connectivity index (χ1) is 7.13. The Morgan fingerprint density at radius 2 is 2.07 bits per heavy atom. The number of aryl methyl sites for hydroxylation is 2. The van der Waals surface area contributed by atoms with Crippen LogP contribution in [0, 0.1) is 12.7 Å². The lowest BCUT2D eigenvalue weighted by molar-refractivity contribution is 0.558. The van der Waals surface area contributed by atoms with Crippen molar-refractivity contribution >= 4 is 0 Å². The van der Waals surface area contributed by atoms with E-state index in [0.29, 0.717) is 0 Å². The highest BCUT2D eigenvalue weighted by Crippen LogP contribution is 2.13. The van der Waals surface area contributed by atoms with Crippen molar-refractivity contribution in [3.63, 3.8) is 0 Å². The second kappa shape index (κ2) is 5.86. The second-order valence-electron chi connectivity index (χ2n) is 4.16. The van der Waals surface area contributed by atoms with Crippen LogP contribution in [0.2, 0.25) is 0 Å². The van der Waals surface area contributed by atoms with E-state index in [1.807, 2.05) is 13.0 Å². The molecule has 0 aromatic heterocycles. The summed E-state index contributed by atoms with van der Waals surface area (Å²) in [6.45, 7) is 4.15. The molecule has 1 rings (SSSR count). The van der Waals surface area contributed by atoms with Gasteiger partial charge in [-0.3, -0.25) is 0 Å². The van der Waals surface area contributed by atoms with Gasteiger partial charge in [0.2, 0.25) is 0 Å². The van der Waals surface area contributed by atoms with Gasteiger partial charge in [-0.25, -0.2) is 4.39 Å². The first-order valence-electron chi connectivity index (χ1n) is 5.64. The number of hydrogen-bond donors (Lipinski definition) is 1. The minimum atomic E-state index is -0.153. The molecule has 2 N–H and O–H groups in total. The van der Waals surface area contributed by atoms with E-state index >= 15 is 0 Å². The van der Waals surface area contributed by atoms with Crippen LogP contribution in [0.4, 0.5) is 4.39 Å². The maximum Gasteiger partial charge on any atom is 0.123 e. The van der Waals surface area contributed by atoms with Crippen LogP contribution < -0.4 is 5.73 Å². The van der Waals surface area contributed by atoms with Gasteiger partial charge in [-0.1, -0.05) is 19.4 Å². The standard InChI is InChI=1S/C13H20FN/c1-3-4-13(15)8-6-11-9-12(14)7-5-10(11)2/h5,7,9,13H,3-4,6,8,15H2,1-2H3. The van der Waals surface area contributed by atoms with Crippen LogP contribution in [-0.2, 0) is 6.42 Å². The molecule has 2 heteroatoms. The average Bonchev–Trinajstić information content (AvgIpc) is 2.20. The van der Waals surface area contributed by atoms with Crippen molar-refractivity contribution in [2.45, 2.75) is 45.6 Å². The molecule has 0 saturated carbocycles. The summed E-state index contributed by atoms with van der Waals surface area (Å²) in [6.07, 6.45) is 3.99. The Labute approximate surface area is 91.5 Å². The van der Waals surface area contributed by atoms with E-state index in [2.05, 4.69) is 6.92 Å². The molecule has 1 aromatic rings. The zero-order valence-electron chi connectivity index (χ0n) is 9.59. The molecule has 0 heterocycles. The fourth-order valence-corrected chi connectivity index (χ4v) is 1.77. The number of hydrogen-bond acceptors (Lipinski definition) is 1. The van der Waals surface area contributed by atoms with Crippen molar-refractivity contribution in [3.8, 4) is 0 Å². The minimum absolute atomic E-state index is 0.153. The van der Waals surface area contributed by atoms with Gasteiger partial charge in [0.05, 0.1) is 0 Å². The Balaban J connectivity index is 2.53. The third-order valence-corrected chi connectivity index (χ3v) is 2.76. The molecule has 84 valence electrons. The fourth-order valence-electron chi connectivity index (χ4n) is 1.77. The third-order valence-electron chi connectivity index (χ3n) is 2.76. The predicted octanol–water partition coefficient (Wildman–Crippen LogP) is 3.19. The summed E-state index contributed by atoms with van der Waals surface area (Å²) in [4.78, 5) is 0. The van der Waals surface area contributed by atoms with Crippen LogP contribution in [0.3, 0.4) is 0 Å². The van der Waals surface area contributed by atoms with Gasteiger partial charge in [-0.2, -0.15) is 0 Å². The van der Waals surface area contributed by atoms with Gasteiger partial charge in [0.25, 0.3) is 0 Å². The Bertz CT molecular complexity index is 309. The Hall–Kier alpha value is -0.890. The summed E-state index contributed by atoms with van der Waals surface area (Å²) >= 11 is 0. The smallest absolute Gasteiger partial charge is 0.123 e. The van der Waals surface area contributed by atoms with Crippen LogP contribution in [-0.4, -0.2) is 6.04 Å². The molecule has 1 aromatic carbocycles. The summed E-state index contributed by atoms with van der Waals surface area (Å²) in [7, 11) is 0. The van der Waals surface area contributed by atoms with Gasteiger partial charge in [-0.05, 0) is 49.4 Å². The lowest BCUT2D eigenvalue weighted by atomic mass is 9.99. The average molecular weight is 209 g/mol. The van der Waals surface area contributed by atoms with Gasteiger partial charge in [0, 0.05) is 6.04 Å². The molecule has 0 saturated heterocycles. The van der Waals surface area contributed by atoms with Crippen LogP contribution in [0.1, 0.15) is 37.3 Å². The van der Waals surface area contributed by atoms with Crippen LogP contribution >= 0.6 is 0 Å². The molecule has 0 amide bonds. The zero-order valence-corrected chi connectivity index (χ0v) is 9.59. The summed E-state index contributed by atoms with van der Waals surface area (Å²) in [5.41, 5.74) is 8.16. The highest BCUT2D eigenvalue weighted by Gasteiger charge is 2.04. The van der Waals surface area contributed by atoms with E-state index in [1.165, 1.54) is 6.07 Å². The molecule has 0 radical (unpaired) electrons. The lowest BCUT2D eigenvalue weighted by Gasteiger charge is -2.11. The fraction of sp³-hybridized carbons (Fsp3) is 0.538. The number of halogens is 1. The van der Waals surface area contributed by atoms with Gasteiger partial charge in [-0.15, -0.1) is 0 Å². The molecule has 0 fully saturated rings. The molecule has 0 aliphatic rings. The SMILES string of the molecule is CCCC(N)CCc1cc(F)ccc1C. The van der Waals surface area contributed by atoms with Crippen LogP contribution in [0.25, 0.3) is 0 Å². The molecule has 0 aliphatic heterocycles. The summed E-state index contributed by atoms with van der Waals surface area (Å²) < 4.78 is 13.0. The second-order valence-corrected chi connectivity index (χ2v) is 4.16.